The molecule has 1 N–H and O–H groups in total. The lowest BCUT2D eigenvalue weighted by Gasteiger charge is -2.20. The van der Waals surface area contributed by atoms with E-state index in [0.29, 0.717) is 5.69 Å². The van der Waals surface area contributed by atoms with Crippen LogP contribution in [-0.2, 0) is 16.1 Å². The summed E-state index contributed by atoms with van der Waals surface area (Å²) in [6, 6.07) is 8.65. The van der Waals surface area contributed by atoms with E-state index in [9.17, 15) is 9.59 Å². The molecule has 0 aliphatic heterocycles. The van der Waals surface area contributed by atoms with Crippen LogP contribution in [-0.4, -0.2) is 38.3 Å². The second kappa shape index (κ2) is 5.76. The molecule has 0 saturated heterocycles. The largest absolute Gasteiger partial charge is 0.480 e. The number of para-hydroxylation sites is 1. The molecule has 98 valence electrons. The number of carboxylic acids is 1. The second-order valence-corrected chi connectivity index (χ2v) is 3.80. The summed E-state index contributed by atoms with van der Waals surface area (Å²) in [6.07, 6.45) is 2.72. The van der Waals surface area contributed by atoms with E-state index in [4.69, 9.17) is 5.11 Å². The number of aromatic nitrogens is 3. The molecule has 19 heavy (non-hydrogen) atoms. The average molecular weight is 260 g/mol. The number of nitrogens with zero attached hydrogens (tertiary/aromatic N) is 4. The van der Waals surface area contributed by atoms with Gasteiger partial charge in [-0.2, -0.15) is 5.10 Å². The van der Waals surface area contributed by atoms with Gasteiger partial charge in [0, 0.05) is 5.69 Å². The van der Waals surface area contributed by atoms with Crippen molar-refractivity contribution in [1.82, 2.24) is 14.8 Å². The van der Waals surface area contributed by atoms with Gasteiger partial charge in [-0.05, 0) is 12.1 Å². The quantitative estimate of drug-likeness (QED) is 0.840. The topological polar surface area (TPSA) is 88.3 Å². The Kier molecular flexibility index (Phi) is 3.87. The van der Waals surface area contributed by atoms with Crippen molar-refractivity contribution < 1.29 is 14.7 Å². The number of rotatable bonds is 5. The normalized spacial score (nSPS) is 10.1. The summed E-state index contributed by atoms with van der Waals surface area (Å²) >= 11 is 0. The Bertz CT molecular complexity index is 554. The molecule has 0 saturated carbocycles. The molecule has 0 unspecified atom stereocenters. The fourth-order valence-electron chi connectivity index (χ4n) is 1.60. The van der Waals surface area contributed by atoms with Crippen molar-refractivity contribution in [1.29, 1.82) is 0 Å². The summed E-state index contributed by atoms with van der Waals surface area (Å²) in [5.41, 5.74) is 0.537. The van der Waals surface area contributed by atoms with Gasteiger partial charge in [-0.3, -0.25) is 14.5 Å². The van der Waals surface area contributed by atoms with E-state index in [0.717, 1.165) is 0 Å². The van der Waals surface area contributed by atoms with Crippen molar-refractivity contribution in [2.45, 2.75) is 6.54 Å². The molecule has 1 aromatic carbocycles. The van der Waals surface area contributed by atoms with Crippen LogP contribution in [0.2, 0.25) is 0 Å². The number of benzene rings is 1. The minimum atomic E-state index is -1.07. The van der Waals surface area contributed by atoms with Gasteiger partial charge < -0.3 is 5.11 Å². The van der Waals surface area contributed by atoms with Gasteiger partial charge >= 0.3 is 5.97 Å². The van der Waals surface area contributed by atoms with Crippen LogP contribution in [0.4, 0.5) is 5.69 Å². The van der Waals surface area contributed by atoms with Crippen molar-refractivity contribution in [3.05, 3.63) is 43.0 Å². The summed E-state index contributed by atoms with van der Waals surface area (Å²) in [4.78, 5) is 27.9. The van der Waals surface area contributed by atoms with Crippen LogP contribution in [0.25, 0.3) is 0 Å². The highest BCUT2D eigenvalue weighted by Gasteiger charge is 2.19. The van der Waals surface area contributed by atoms with Crippen LogP contribution in [0, 0.1) is 0 Å². The number of anilines is 1. The molecule has 2 aromatic rings. The molecule has 1 amide bonds. The smallest absolute Gasteiger partial charge is 0.323 e. The number of hydrogen-bond acceptors (Lipinski definition) is 4. The Hall–Kier alpha value is -2.70. The molecule has 0 radical (unpaired) electrons. The molecule has 1 heterocycles. The molecule has 0 aliphatic carbocycles. The molecule has 0 spiro atoms. The molecule has 0 bridgehead atoms. The van der Waals surface area contributed by atoms with E-state index in [1.54, 1.807) is 30.3 Å². The number of carbonyl (C=O) groups excluding carboxylic acids is 1. The first-order valence-corrected chi connectivity index (χ1v) is 5.56. The van der Waals surface area contributed by atoms with Gasteiger partial charge in [0.1, 0.15) is 25.7 Å². The molecular formula is C12H12N4O3. The first kappa shape index (κ1) is 12.7. The van der Waals surface area contributed by atoms with E-state index in [1.807, 2.05) is 0 Å². The fourth-order valence-corrected chi connectivity index (χ4v) is 1.60. The third-order valence-corrected chi connectivity index (χ3v) is 2.43. The minimum Gasteiger partial charge on any atom is -0.480 e. The highest BCUT2D eigenvalue weighted by atomic mass is 16.4. The van der Waals surface area contributed by atoms with E-state index in [-0.39, 0.29) is 12.5 Å². The van der Waals surface area contributed by atoms with Gasteiger partial charge in [0.2, 0.25) is 5.91 Å². The zero-order chi connectivity index (χ0) is 13.7. The standard InChI is InChI=1S/C12H12N4O3/c17-11(6-15-9-13-8-14-15)16(7-12(18)19)10-4-2-1-3-5-10/h1-5,8-9H,6-7H2,(H,18,19). The second-order valence-electron chi connectivity index (χ2n) is 3.80. The highest BCUT2D eigenvalue weighted by molar-refractivity contribution is 5.97. The maximum atomic E-state index is 12.1. The highest BCUT2D eigenvalue weighted by Crippen LogP contribution is 2.13. The molecule has 1 aromatic heterocycles. The first-order chi connectivity index (χ1) is 9.16. The van der Waals surface area contributed by atoms with Crippen LogP contribution in [0.3, 0.4) is 0 Å². The zero-order valence-electron chi connectivity index (χ0n) is 10.0. The van der Waals surface area contributed by atoms with Crippen LogP contribution >= 0.6 is 0 Å². The van der Waals surface area contributed by atoms with E-state index in [1.165, 1.54) is 22.2 Å². The molecule has 0 aliphatic rings. The van der Waals surface area contributed by atoms with Crippen molar-refractivity contribution in [2.75, 3.05) is 11.4 Å². The van der Waals surface area contributed by atoms with E-state index >= 15 is 0 Å². The average Bonchev–Trinajstić information content (AvgIpc) is 2.89. The van der Waals surface area contributed by atoms with Gasteiger partial charge in [-0.25, -0.2) is 9.67 Å². The zero-order valence-corrected chi connectivity index (χ0v) is 10.0. The maximum Gasteiger partial charge on any atom is 0.323 e. The van der Waals surface area contributed by atoms with Crippen molar-refractivity contribution in [2.24, 2.45) is 0 Å². The molecule has 7 heteroatoms. The maximum absolute atomic E-state index is 12.1. The summed E-state index contributed by atoms with van der Waals surface area (Å²) in [5.74, 6) is -1.44. The molecular weight excluding hydrogens is 248 g/mol. The SMILES string of the molecule is O=C(O)CN(C(=O)Cn1cncn1)c1ccccc1. The predicted molar refractivity (Wildman–Crippen MR) is 66.5 cm³/mol. The number of hydrogen-bond donors (Lipinski definition) is 1. The Morgan fingerprint density at radius 3 is 2.58 bits per heavy atom. The summed E-state index contributed by atoms with van der Waals surface area (Å²) in [6.45, 7) is -0.445. The monoisotopic (exact) mass is 260 g/mol. The van der Waals surface area contributed by atoms with Gasteiger partial charge in [-0.15, -0.1) is 0 Å². The first-order valence-electron chi connectivity index (χ1n) is 5.56. The lowest BCUT2D eigenvalue weighted by molar-refractivity contribution is -0.136. The lowest BCUT2D eigenvalue weighted by Crippen LogP contribution is -2.38. The van der Waals surface area contributed by atoms with Crippen molar-refractivity contribution in [3.63, 3.8) is 0 Å². The van der Waals surface area contributed by atoms with Crippen LogP contribution in [0.15, 0.2) is 43.0 Å². The fraction of sp³-hybridized carbons (Fsp3) is 0.167. The van der Waals surface area contributed by atoms with Crippen molar-refractivity contribution >= 4 is 17.6 Å². The Morgan fingerprint density at radius 2 is 2.00 bits per heavy atom. The van der Waals surface area contributed by atoms with Gasteiger partial charge in [0.15, 0.2) is 0 Å². The third kappa shape index (κ3) is 3.38. The molecule has 7 nitrogen and oxygen atoms in total. The number of aliphatic carboxylic acids is 1. The van der Waals surface area contributed by atoms with Crippen LogP contribution in [0.1, 0.15) is 0 Å². The van der Waals surface area contributed by atoms with Crippen LogP contribution < -0.4 is 4.90 Å². The summed E-state index contributed by atoms with van der Waals surface area (Å²) < 4.78 is 1.35. The number of carboxylic acid groups (broad SMARTS) is 1. The number of carbonyl (C=O) groups is 2. The third-order valence-electron chi connectivity index (χ3n) is 2.43. The molecule has 0 atom stereocenters. The predicted octanol–water partition coefficient (Wildman–Crippen LogP) is 0.396. The Balaban J connectivity index is 2.18. The summed E-state index contributed by atoms with van der Waals surface area (Å²) in [7, 11) is 0. The number of amides is 1. The minimum absolute atomic E-state index is 0.0534. The molecule has 2 rings (SSSR count). The Labute approximate surface area is 109 Å². The molecule has 0 fully saturated rings. The van der Waals surface area contributed by atoms with Gasteiger partial charge in [-0.1, -0.05) is 18.2 Å². The Morgan fingerprint density at radius 1 is 1.26 bits per heavy atom. The van der Waals surface area contributed by atoms with Gasteiger partial charge in [0.25, 0.3) is 0 Å². The van der Waals surface area contributed by atoms with Gasteiger partial charge in [0.05, 0.1) is 0 Å². The summed E-state index contributed by atoms with van der Waals surface area (Å²) in [5, 5.41) is 12.7. The van der Waals surface area contributed by atoms with E-state index in [2.05, 4.69) is 10.1 Å². The van der Waals surface area contributed by atoms with Crippen LogP contribution in [0.5, 0.6) is 0 Å². The van der Waals surface area contributed by atoms with Crippen molar-refractivity contribution in [3.8, 4) is 0 Å². The van der Waals surface area contributed by atoms with E-state index < -0.39 is 12.5 Å². The lowest BCUT2D eigenvalue weighted by atomic mass is 10.3.